The van der Waals surface area contributed by atoms with Crippen molar-refractivity contribution in [3.63, 3.8) is 0 Å². The predicted molar refractivity (Wildman–Crippen MR) is 128 cm³/mol. The van der Waals surface area contributed by atoms with Gasteiger partial charge in [0, 0.05) is 42.5 Å². The number of fused-ring (bicyclic) bond motifs is 1. The zero-order valence-corrected chi connectivity index (χ0v) is 18.4. The van der Waals surface area contributed by atoms with Gasteiger partial charge in [-0.25, -0.2) is 9.50 Å². The van der Waals surface area contributed by atoms with Crippen molar-refractivity contribution in [1.82, 2.24) is 19.9 Å². The van der Waals surface area contributed by atoms with E-state index >= 15 is 0 Å². The molecule has 32 heavy (non-hydrogen) atoms. The highest BCUT2D eigenvalue weighted by Crippen LogP contribution is 2.28. The molecule has 1 aliphatic rings. The predicted octanol–water partition coefficient (Wildman–Crippen LogP) is 4.10. The molecule has 1 atom stereocenters. The first-order valence-electron chi connectivity index (χ1n) is 10.6. The summed E-state index contributed by atoms with van der Waals surface area (Å²) in [5.41, 5.74) is 4.43. The fourth-order valence-electron chi connectivity index (χ4n) is 4.05. The van der Waals surface area contributed by atoms with Crippen LogP contribution in [0.3, 0.4) is 0 Å². The summed E-state index contributed by atoms with van der Waals surface area (Å²) < 4.78 is 1.66. The van der Waals surface area contributed by atoms with Crippen molar-refractivity contribution in [3.05, 3.63) is 77.7 Å². The van der Waals surface area contributed by atoms with Crippen LogP contribution in [0.25, 0.3) is 16.8 Å². The van der Waals surface area contributed by atoms with Gasteiger partial charge in [0.05, 0.1) is 17.6 Å². The highest BCUT2D eigenvalue weighted by Gasteiger charge is 2.20. The van der Waals surface area contributed by atoms with Crippen LogP contribution in [0.1, 0.15) is 17.4 Å². The van der Waals surface area contributed by atoms with E-state index in [0.29, 0.717) is 22.4 Å². The number of hydrogen-bond donors (Lipinski definition) is 2. The molecule has 0 bridgehead atoms. The molecule has 8 heteroatoms. The summed E-state index contributed by atoms with van der Waals surface area (Å²) in [4.78, 5) is 20.0. The van der Waals surface area contributed by atoms with E-state index in [0.717, 1.165) is 42.1 Å². The molecular formula is C24H23ClN6O. The van der Waals surface area contributed by atoms with Crippen molar-refractivity contribution in [3.8, 4) is 11.1 Å². The number of amides is 1. The number of hydrogen-bond acceptors (Lipinski definition) is 5. The average molecular weight is 447 g/mol. The van der Waals surface area contributed by atoms with Gasteiger partial charge in [-0.05, 0) is 42.8 Å². The first-order valence-corrected chi connectivity index (χ1v) is 11.0. The molecule has 7 nitrogen and oxygen atoms in total. The lowest BCUT2D eigenvalue weighted by atomic mass is 10.1. The van der Waals surface area contributed by atoms with Gasteiger partial charge in [-0.15, -0.1) is 0 Å². The normalized spacial score (nSPS) is 16.3. The lowest BCUT2D eigenvalue weighted by Crippen LogP contribution is -2.49. The maximum absolute atomic E-state index is 13.1. The van der Waals surface area contributed by atoms with E-state index in [4.69, 9.17) is 11.6 Å². The first-order chi connectivity index (χ1) is 15.6. The quantitative estimate of drug-likeness (QED) is 0.493. The van der Waals surface area contributed by atoms with Gasteiger partial charge in [-0.3, -0.25) is 4.79 Å². The van der Waals surface area contributed by atoms with Gasteiger partial charge >= 0.3 is 0 Å². The van der Waals surface area contributed by atoms with E-state index < -0.39 is 0 Å². The van der Waals surface area contributed by atoms with Crippen LogP contribution in [0.5, 0.6) is 0 Å². The van der Waals surface area contributed by atoms with Crippen molar-refractivity contribution in [2.45, 2.75) is 13.0 Å². The molecule has 162 valence electrons. The number of anilines is 2. The lowest BCUT2D eigenvalue weighted by Gasteiger charge is -2.34. The van der Waals surface area contributed by atoms with Crippen molar-refractivity contribution < 1.29 is 4.79 Å². The second kappa shape index (κ2) is 8.61. The maximum Gasteiger partial charge on any atom is 0.274 e. The summed E-state index contributed by atoms with van der Waals surface area (Å²) in [6.07, 6.45) is 3.48. The molecule has 2 aromatic heterocycles. The lowest BCUT2D eigenvalue weighted by molar-refractivity contribution is 0.102. The Hall–Kier alpha value is -3.42. The fourth-order valence-corrected chi connectivity index (χ4v) is 4.24. The number of halogens is 1. The van der Waals surface area contributed by atoms with E-state index in [1.54, 1.807) is 23.0 Å². The third kappa shape index (κ3) is 4.04. The van der Waals surface area contributed by atoms with Crippen LogP contribution >= 0.6 is 11.6 Å². The monoisotopic (exact) mass is 446 g/mol. The SMILES string of the molecule is CC1CN(c2ccccc2NC(=O)c2ccn3ncc(-c4cccc(Cl)c4)c3n2)CCN1. The highest BCUT2D eigenvalue weighted by molar-refractivity contribution is 6.30. The third-order valence-electron chi connectivity index (χ3n) is 5.60. The Morgan fingerprint density at radius 1 is 1.19 bits per heavy atom. The molecule has 1 aliphatic heterocycles. The summed E-state index contributed by atoms with van der Waals surface area (Å²) in [5.74, 6) is -0.263. The Morgan fingerprint density at radius 2 is 2.06 bits per heavy atom. The first kappa shape index (κ1) is 20.5. The molecule has 2 aromatic carbocycles. The Balaban J connectivity index is 1.44. The van der Waals surface area contributed by atoms with Gasteiger partial charge in [0.1, 0.15) is 5.69 Å². The molecule has 1 amide bonds. The number of nitrogens with one attached hydrogen (secondary N) is 2. The molecule has 2 N–H and O–H groups in total. The smallest absolute Gasteiger partial charge is 0.274 e. The largest absolute Gasteiger partial charge is 0.367 e. The molecule has 4 aromatic rings. The topological polar surface area (TPSA) is 74.6 Å². The highest BCUT2D eigenvalue weighted by atomic mass is 35.5. The number of carbonyl (C=O) groups excluding carboxylic acids is 1. The van der Waals surface area contributed by atoms with Crippen molar-refractivity contribution in [2.75, 3.05) is 29.9 Å². The summed E-state index contributed by atoms with van der Waals surface area (Å²) in [7, 11) is 0. The Kier molecular flexibility index (Phi) is 5.51. The number of carbonyl (C=O) groups is 1. The van der Waals surface area contributed by atoms with Gasteiger partial charge in [0.2, 0.25) is 0 Å². The van der Waals surface area contributed by atoms with E-state index in [1.165, 1.54) is 0 Å². The van der Waals surface area contributed by atoms with E-state index in [9.17, 15) is 4.79 Å². The van der Waals surface area contributed by atoms with Crippen LogP contribution in [0.4, 0.5) is 11.4 Å². The minimum absolute atomic E-state index is 0.263. The van der Waals surface area contributed by atoms with Crippen molar-refractivity contribution in [1.29, 1.82) is 0 Å². The average Bonchev–Trinajstić information content (AvgIpc) is 3.23. The number of nitrogens with zero attached hydrogens (tertiary/aromatic N) is 4. The zero-order chi connectivity index (χ0) is 22.1. The van der Waals surface area contributed by atoms with Crippen LogP contribution < -0.4 is 15.5 Å². The minimum Gasteiger partial charge on any atom is -0.367 e. The Labute approximate surface area is 191 Å². The molecule has 1 saturated heterocycles. The van der Waals surface area contributed by atoms with E-state index in [2.05, 4.69) is 32.5 Å². The van der Waals surface area contributed by atoms with Crippen LogP contribution in [-0.2, 0) is 0 Å². The summed E-state index contributed by atoms with van der Waals surface area (Å²) >= 11 is 6.15. The van der Waals surface area contributed by atoms with Crippen LogP contribution in [0, 0.1) is 0 Å². The number of benzene rings is 2. The number of rotatable bonds is 4. The minimum atomic E-state index is -0.263. The third-order valence-corrected chi connectivity index (χ3v) is 5.83. The molecule has 5 rings (SSSR count). The summed E-state index contributed by atoms with van der Waals surface area (Å²) in [6, 6.07) is 17.5. The molecular weight excluding hydrogens is 424 g/mol. The number of piperazine rings is 1. The maximum atomic E-state index is 13.1. The van der Waals surface area contributed by atoms with Gasteiger partial charge < -0.3 is 15.5 Å². The Bertz CT molecular complexity index is 1290. The number of aromatic nitrogens is 3. The standard InChI is InChI=1S/C24H23ClN6O/c1-16-15-30(12-10-26-16)22-8-3-2-7-20(22)29-24(32)21-9-11-31-23(28-21)19(14-27-31)17-5-4-6-18(25)13-17/h2-9,11,13-14,16,26H,10,12,15H2,1H3,(H,29,32). The molecule has 0 radical (unpaired) electrons. The molecule has 0 saturated carbocycles. The van der Waals surface area contributed by atoms with Gasteiger partial charge in [-0.2, -0.15) is 5.10 Å². The number of para-hydroxylation sites is 2. The van der Waals surface area contributed by atoms with Crippen molar-refractivity contribution in [2.24, 2.45) is 0 Å². The molecule has 1 unspecified atom stereocenters. The molecule has 1 fully saturated rings. The van der Waals surface area contributed by atoms with E-state index in [1.807, 2.05) is 48.5 Å². The van der Waals surface area contributed by atoms with Crippen LogP contribution in [0.2, 0.25) is 5.02 Å². The molecule has 0 aliphatic carbocycles. The summed E-state index contributed by atoms with van der Waals surface area (Å²) in [5, 5.41) is 11.5. The van der Waals surface area contributed by atoms with Gasteiger partial charge in [0.25, 0.3) is 5.91 Å². The van der Waals surface area contributed by atoms with Crippen molar-refractivity contribution >= 4 is 34.5 Å². The van der Waals surface area contributed by atoms with Crippen LogP contribution in [0.15, 0.2) is 67.0 Å². The fraction of sp³-hybridized carbons (Fsp3) is 0.208. The Morgan fingerprint density at radius 3 is 2.91 bits per heavy atom. The zero-order valence-electron chi connectivity index (χ0n) is 17.6. The second-order valence-electron chi connectivity index (χ2n) is 7.92. The molecule has 3 heterocycles. The second-order valence-corrected chi connectivity index (χ2v) is 8.36. The van der Waals surface area contributed by atoms with Gasteiger partial charge in [-0.1, -0.05) is 35.9 Å². The van der Waals surface area contributed by atoms with E-state index in [-0.39, 0.29) is 5.91 Å². The van der Waals surface area contributed by atoms with Gasteiger partial charge in [0.15, 0.2) is 5.65 Å². The summed E-state index contributed by atoms with van der Waals surface area (Å²) in [6.45, 7) is 4.85. The van der Waals surface area contributed by atoms with Crippen LogP contribution in [-0.4, -0.2) is 46.2 Å². The molecule has 0 spiro atoms.